The quantitative estimate of drug-likeness (QED) is 0.212. The fourth-order valence-corrected chi connectivity index (χ4v) is 0. The average molecular weight is 1050 g/mol. The number of hydrogen-bond acceptors (Lipinski definition) is 0. The van der Waals surface area contributed by atoms with Crippen LogP contribution in [-0.2, 0) is 0 Å². The number of rotatable bonds is 0. The van der Waals surface area contributed by atoms with E-state index in [4.69, 9.17) is 0 Å². The maximum absolute atomic E-state index is 0. The van der Waals surface area contributed by atoms with Gasteiger partial charge in [0.25, 0.3) is 0 Å². The van der Waals surface area contributed by atoms with Gasteiger partial charge in [0, 0.05) is 0 Å². The van der Waals surface area contributed by atoms with Crippen LogP contribution in [0.1, 0.15) is 47.1 Å². The molecule has 0 heterocycles. The molecule has 0 aliphatic rings. The molecule has 0 radical (unpaired) electrons. The molecule has 0 nitrogen and oxygen atoms in total. The van der Waals surface area contributed by atoms with Gasteiger partial charge in [0.2, 0.25) is 0 Å². The van der Waals surface area contributed by atoms with Gasteiger partial charge in [-0.3, -0.25) is 0 Å². The van der Waals surface area contributed by atoms with Crippen LogP contribution >= 0.6 is 86.8 Å². The maximum atomic E-state index is 0. The largest absolute Gasteiger partial charge is 1.00 e. The Morgan fingerprint density at radius 1 is 0.0750 bits per heavy atom. The van der Waals surface area contributed by atoms with Gasteiger partial charge < -0.3 is 47.1 Å². The molecule has 0 saturated carbocycles. The summed E-state index contributed by atoms with van der Waals surface area (Å²) >= 11 is 0. The summed E-state index contributed by atoms with van der Waals surface area (Å²) in [5.41, 5.74) is 0. The summed E-state index contributed by atoms with van der Waals surface area (Å²) in [6.45, 7) is 0. The summed E-state index contributed by atoms with van der Waals surface area (Å²) in [5, 5.41) is 0. The monoisotopic (exact) mass is 1040 g/mol. The van der Waals surface area contributed by atoms with Crippen LogP contribution in [0, 0.1) is 0 Å². The summed E-state index contributed by atoms with van der Waals surface area (Å²) < 4.78 is 0. The Balaban J connectivity index is 0. The van der Waals surface area contributed by atoms with Crippen LogP contribution in [0.3, 0.4) is 0 Å². The van der Waals surface area contributed by atoms with Gasteiger partial charge in [-0.1, -0.05) is 0 Å². The first-order valence-corrected chi connectivity index (χ1v) is 0. The van der Waals surface area contributed by atoms with E-state index in [2.05, 4.69) is 0 Å². The van der Waals surface area contributed by atoms with Crippen LogP contribution in [0.2, 0.25) is 0 Å². The minimum absolute atomic E-state index is 0. The van der Waals surface area contributed by atoms with Crippen molar-refractivity contribution in [1.29, 1.82) is 0 Å². The third kappa shape index (κ3) is 309. The van der Waals surface area contributed by atoms with Gasteiger partial charge in [0.1, 0.15) is 0 Å². The van der Waals surface area contributed by atoms with Crippen LogP contribution in [0.5, 0.6) is 0 Å². The summed E-state index contributed by atoms with van der Waals surface area (Å²) in [6, 6.07) is 0. The minimum Gasteiger partial charge on any atom is -1.00 e. The fourth-order valence-electron chi connectivity index (χ4n) is 0. The van der Waals surface area contributed by atoms with Gasteiger partial charge in [-0.15, -0.1) is 86.8 Å². The molecule has 40 heteroatoms. The fraction of sp³-hybridized carbons (Fsp3) is 0. The Morgan fingerprint density at radius 2 is 0.0750 bits per heavy atom. The molecule has 0 rings (SSSR count). The average Bonchev–Trinajstić information content (AvgIpc) is 0. The maximum Gasteiger partial charge on any atom is 1.00 e. The Kier molecular flexibility index (Phi) is 2700. The smallest absolute Gasteiger partial charge is 1.00 e. The van der Waals surface area contributed by atoms with Gasteiger partial charge >= 0.3 is 975 Å². The molecule has 0 amide bonds. The first kappa shape index (κ1) is 335. The SMILES string of the molecule is Cl.Cl.Cl.Cl.Cl.Cl.Cl.[H-].[H-].[H-].[H-].[H-].[H-].[H-].[H-].[H-].[H-].[H-].[H-].[H-].[H-].[H-].[H-].[H-].[H-].[H-].[H-].[H-].[H-].[H-].[H-].[H-].[H-].[H-].[H-].[H-].[H-].[H-].[H-].[H-].[Na+].[Na+].[Na+].[Na+].[Na+].[Na+].[Na+].[Na+].[Na+].[Na+].[Na+].[Na+].[Na+].[Na+].[Na+].[Na+].[Na+].[Na+].[Na+].[Na+].[Na+].[Na+].[Na+].[Na+].[Na+].[Na+].[Na+].[Na+].[Na+].[Na+].[Na+].[Na+].[Na+]. The Bertz CT molecular complexity index is 99.3. The van der Waals surface area contributed by atoms with E-state index in [0.717, 1.165) is 0 Å². The topological polar surface area (TPSA) is 0 Å². The molecule has 0 fully saturated rings. The van der Waals surface area contributed by atoms with Crippen molar-refractivity contribution in [1.82, 2.24) is 0 Å². The molecule has 0 N–H and O–H groups in total. The molecule has 40 heavy (non-hydrogen) atoms. The number of hydrogen-bond donors (Lipinski definition) is 0. The first-order valence-electron chi connectivity index (χ1n) is 0. The molecule has 0 saturated heterocycles. The van der Waals surface area contributed by atoms with E-state index in [1.54, 1.807) is 0 Å². The van der Waals surface area contributed by atoms with Crippen molar-refractivity contribution in [3.63, 3.8) is 0 Å². The van der Waals surface area contributed by atoms with E-state index in [-0.39, 0.29) is 1110 Å². The van der Waals surface area contributed by atoms with Crippen LogP contribution in [-0.4, -0.2) is 0 Å². The summed E-state index contributed by atoms with van der Waals surface area (Å²) in [7, 11) is 0. The van der Waals surface area contributed by atoms with Gasteiger partial charge in [-0.05, 0) is 0 Å². The van der Waals surface area contributed by atoms with Crippen molar-refractivity contribution in [3.8, 4) is 0 Å². The Hall–Kier alpha value is 35.0. The molecule has 122 valence electrons. The van der Waals surface area contributed by atoms with Crippen molar-refractivity contribution in [3.05, 3.63) is 0 Å². The second-order valence-electron chi connectivity index (χ2n) is 0. The van der Waals surface area contributed by atoms with Crippen molar-refractivity contribution >= 4 is 86.8 Å². The van der Waals surface area contributed by atoms with Gasteiger partial charge in [-0.2, -0.15) is 0 Å². The molecule has 0 aromatic heterocycles. The molecule has 0 aromatic rings. The summed E-state index contributed by atoms with van der Waals surface area (Å²) in [5.74, 6) is 0. The zero-order valence-corrected chi connectivity index (χ0v) is 108. The third-order valence-electron chi connectivity index (χ3n) is 0. The first-order chi connectivity index (χ1) is 0. The van der Waals surface area contributed by atoms with Gasteiger partial charge in [-0.25, -0.2) is 0 Å². The molecular weight excluding hydrogens is 1010 g/mol. The predicted molar refractivity (Wildman–Crippen MR) is 87.4 cm³/mol. The number of halogens is 7. The zero-order chi connectivity index (χ0) is 0. The van der Waals surface area contributed by atoms with Crippen LogP contribution in [0.15, 0.2) is 0 Å². The van der Waals surface area contributed by atoms with E-state index in [1.807, 2.05) is 0 Å². The Labute approximate surface area is 1070 Å². The standard InChI is InChI=1S/7ClH.33Na.33H/h7*1H;;;;;;;;;;;;;;;;;;;;;;;;;;;;;;;;;;;;;;;;;;;;;;;;;;;;;;;;;;;;;;;;;;/q;;;;;;;33*+1;33*-1. The molecule has 0 bridgehead atoms. The molecule has 0 aliphatic heterocycles. The predicted octanol–water partition coefficient (Wildman–Crippen LogP) is -92.2. The van der Waals surface area contributed by atoms with Crippen molar-refractivity contribution in [2.24, 2.45) is 0 Å². The molecular formula is H40Cl7Na33. The molecule has 0 spiro atoms. The summed E-state index contributed by atoms with van der Waals surface area (Å²) in [6.07, 6.45) is 0. The Morgan fingerprint density at radius 3 is 0.0750 bits per heavy atom. The van der Waals surface area contributed by atoms with Crippen molar-refractivity contribution in [2.45, 2.75) is 0 Å². The second-order valence-corrected chi connectivity index (χ2v) is 0. The van der Waals surface area contributed by atoms with Crippen LogP contribution in [0.25, 0.3) is 0 Å². The molecule has 0 aromatic carbocycles. The van der Waals surface area contributed by atoms with E-state index < -0.39 is 0 Å². The van der Waals surface area contributed by atoms with E-state index in [0.29, 0.717) is 0 Å². The van der Waals surface area contributed by atoms with Crippen LogP contribution in [0.4, 0.5) is 0 Å². The normalized spacial score (nSPS) is 0. The minimum atomic E-state index is 0. The van der Waals surface area contributed by atoms with Gasteiger partial charge in [0.05, 0.1) is 0 Å². The molecule has 0 unspecified atom stereocenters. The van der Waals surface area contributed by atoms with Crippen molar-refractivity contribution in [2.75, 3.05) is 0 Å². The third-order valence-corrected chi connectivity index (χ3v) is 0. The van der Waals surface area contributed by atoms with E-state index in [1.165, 1.54) is 0 Å². The summed E-state index contributed by atoms with van der Waals surface area (Å²) in [4.78, 5) is 0. The van der Waals surface area contributed by atoms with Crippen LogP contribution < -0.4 is 975 Å². The molecule has 0 atom stereocenters. The van der Waals surface area contributed by atoms with E-state index >= 15 is 0 Å². The zero-order valence-electron chi connectivity index (χ0n) is 68.9. The van der Waals surface area contributed by atoms with E-state index in [9.17, 15) is 0 Å². The second kappa shape index (κ2) is 322. The van der Waals surface area contributed by atoms with Gasteiger partial charge in [0.15, 0.2) is 0 Å². The molecule has 0 aliphatic carbocycles. The van der Waals surface area contributed by atoms with Crippen molar-refractivity contribution < 1.29 is 1020 Å².